The van der Waals surface area contributed by atoms with Crippen LogP contribution in [0.5, 0.6) is 11.5 Å². The maximum Gasteiger partial charge on any atom is 0.216 e. The molecular weight excluding hydrogens is 392 g/mol. The zero-order valence-corrected chi connectivity index (χ0v) is 16.8. The van der Waals surface area contributed by atoms with Crippen LogP contribution in [0.4, 0.5) is 0 Å². The molecule has 1 aromatic carbocycles. The Morgan fingerprint density at radius 2 is 2.12 bits per heavy atom. The van der Waals surface area contributed by atoms with Crippen LogP contribution in [0.25, 0.3) is 0 Å². The zero-order valence-electron chi connectivity index (χ0n) is 14.4. The second-order valence-electron chi connectivity index (χ2n) is 6.13. The number of hydrogen-bond acceptors (Lipinski definition) is 5. The SMILES string of the molecule is CCOc1c(Br)cc(/C=N\n2c(C(C)(C)C)n[nH]c2=S)cc1OC. The number of aromatic nitrogens is 3. The van der Waals surface area contributed by atoms with Gasteiger partial charge in [-0.2, -0.15) is 14.9 Å². The molecule has 24 heavy (non-hydrogen) atoms. The van der Waals surface area contributed by atoms with Crippen molar-refractivity contribution in [2.75, 3.05) is 13.7 Å². The molecule has 0 bridgehead atoms. The summed E-state index contributed by atoms with van der Waals surface area (Å²) >= 11 is 8.77. The van der Waals surface area contributed by atoms with Gasteiger partial charge in [-0.15, -0.1) is 0 Å². The number of nitrogens with one attached hydrogen (secondary N) is 1. The van der Waals surface area contributed by atoms with Gasteiger partial charge in [0.05, 0.1) is 24.4 Å². The van der Waals surface area contributed by atoms with Crippen LogP contribution < -0.4 is 9.47 Å². The quantitative estimate of drug-likeness (QED) is 0.587. The van der Waals surface area contributed by atoms with Gasteiger partial charge in [-0.25, -0.2) is 0 Å². The van der Waals surface area contributed by atoms with E-state index in [0.717, 1.165) is 15.9 Å². The molecule has 6 nitrogen and oxygen atoms in total. The van der Waals surface area contributed by atoms with Crippen LogP contribution in [0.2, 0.25) is 0 Å². The van der Waals surface area contributed by atoms with Crippen LogP contribution in [-0.2, 0) is 5.41 Å². The molecule has 8 heteroatoms. The van der Waals surface area contributed by atoms with Crippen LogP contribution in [0.1, 0.15) is 39.1 Å². The van der Waals surface area contributed by atoms with Crippen LogP contribution in [0.3, 0.4) is 0 Å². The molecule has 1 heterocycles. The normalized spacial score (nSPS) is 11.9. The molecule has 0 radical (unpaired) electrons. The third-order valence-corrected chi connectivity index (χ3v) is 4.04. The molecule has 0 saturated carbocycles. The molecule has 0 aliphatic carbocycles. The lowest BCUT2D eigenvalue weighted by atomic mass is 9.96. The summed E-state index contributed by atoms with van der Waals surface area (Å²) in [5, 5.41) is 11.5. The first-order valence-electron chi connectivity index (χ1n) is 7.50. The summed E-state index contributed by atoms with van der Waals surface area (Å²) in [6, 6.07) is 3.77. The van der Waals surface area contributed by atoms with E-state index in [-0.39, 0.29) is 5.41 Å². The highest BCUT2D eigenvalue weighted by molar-refractivity contribution is 9.10. The average Bonchev–Trinajstić information content (AvgIpc) is 2.88. The fourth-order valence-corrected chi connectivity index (χ4v) is 2.86. The van der Waals surface area contributed by atoms with Gasteiger partial charge in [0.1, 0.15) is 0 Å². The van der Waals surface area contributed by atoms with E-state index in [1.807, 2.05) is 19.1 Å². The second-order valence-corrected chi connectivity index (χ2v) is 7.37. The first kappa shape index (κ1) is 18.7. The number of hydrogen-bond donors (Lipinski definition) is 1. The van der Waals surface area contributed by atoms with Crippen LogP contribution in [0, 0.1) is 4.77 Å². The first-order valence-corrected chi connectivity index (χ1v) is 8.70. The van der Waals surface area contributed by atoms with Crippen LogP contribution >= 0.6 is 28.1 Å². The highest BCUT2D eigenvalue weighted by atomic mass is 79.9. The van der Waals surface area contributed by atoms with Gasteiger partial charge in [-0.3, -0.25) is 5.10 Å². The molecule has 2 aromatic rings. The highest BCUT2D eigenvalue weighted by Crippen LogP contribution is 2.36. The predicted octanol–water partition coefficient (Wildman–Crippen LogP) is 4.29. The Balaban J connectivity index is 2.42. The Bertz CT molecular complexity index is 805. The molecule has 0 aliphatic heterocycles. The monoisotopic (exact) mass is 412 g/mol. The van der Waals surface area contributed by atoms with Crippen molar-refractivity contribution in [1.82, 2.24) is 14.9 Å². The molecule has 1 N–H and O–H groups in total. The molecule has 0 spiro atoms. The van der Waals surface area contributed by atoms with Gasteiger partial charge in [-0.05, 0) is 52.8 Å². The summed E-state index contributed by atoms with van der Waals surface area (Å²) in [4.78, 5) is 0. The van der Waals surface area contributed by atoms with E-state index in [9.17, 15) is 0 Å². The summed E-state index contributed by atoms with van der Waals surface area (Å²) in [6.45, 7) is 8.65. The molecule has 0 aliphatic rings. The number of methoxy groups -OCH3 is 1. The lowest BCUT2D eigenvalue weighted by Gasteiger charge is -2.16. The number of ether oxygens (including phenoxy) is 2. The largest absolute Gasteiger partial charge is 0.493 e. The van der Waals surface area contributed by atoms with Crippen molar-refractivity contribution >= 4 is 34.4 Å². The maximum atomic E-state index is 5.59. The van der Waals surface area contributed by atoms with E-state index in [1.165, 1.54) is 0 Å². The van der Waals surface area contributed by atoms with Crippen molar-refractivity contribution in [3.8, 4) is 11.5 Å². The molecular formula is C16H21BrN4O2S. The maximum absolute atomic E-state index is 5.59. The topological polar surface area (TPSA) is 64.4 Å². The van der Waals surface area contributed by atoms with Gasteiger partial charge in [0, 0.05) is 5.41 Å². The Morgan fingerprint density at radius 1 is 1.42 bits per heavy atom. The van der Waals surface area contributed by atoms with Crippen molar-refractivity contribution in [2.45, 2.75) is 33.1 Å². The number of aromatic amines is 1. The smallest absolute Gasteiger partial charge is 0.216 e. The van der Waals surface area contributed by atoms with Gasteiger partial charge in [0.15, 0.2) is 17.3 Å². The summed E-state index contributed by atoms with van der Waals surface area (Å²) in [5.41, 5.74) is 0.673. The number of nitrogens with zero attached hydrogens (tertiary/aromatic N) is 3. The van der Waals surface area contributed by atoms with Crippen molar-refractivity contribution < 1.29 is 9.47 Å². The van der Waals surface area contributed by atoms with E-state index in [1.54, 1.807) is 18.0 Å². The minimum Gasteiger partial charge on any atom is -0.493 e. The summed E-state index contributed by atoms with van der Waals surface area (Å²) in [5.74, 6) is 2.08. The molecule has 0 atom stereocenters. The average molecular weight is 413 g/mol. The molecule has 0 saturated heterocycles. The van der Waals surface area contributed by atoms with E-state index in [2.05, 4.69) is 52.0 Å². The molecule has 0 unspecified atom stereocenters. The van der Waals surface area contributed by atoms with Crippen LogP contribution in [0.15, 0.2) is 21.7 Å². The zero-order chi connectivity index (χ0) is 17.9. The Labute approximate surface area is 155 Å². The number of benzene rings is 1. The number of rotatable bonds is 5. The molecule has 0 amide bonds. The second kappa shape index (κ2) is 7.48. The third kappa shape index (κ3) is 4.05. The number of halogens is 1. The molecule has 1 aromatic heterocycles. The fourth-order valence-electron chi connectivity index (χ4n) is 2.11. The van der Waals surface area contributed by atoms with Gasteiger partial charge in [0.2, 0.25) is 4.77 Å². The first-order chi connectivity index (χ1) is 11.3. The minimum atomic E-state index is -0.179. The summed E-state index contributed by atoms with van der Waals surface area (Å²) in [7, 11) is 1.61. The summed E-state index contributed by atoms with van der Waals surface area (Å²) in [6.07, 6.45) is 1.71. The molecule has 2 rings (SSSR count). The van der Waals surface area contributed by atoms with Crippen molar-refractivity contribution in [2.24, 2.45) is 5.10 Å². The standard InChI is InChI=1S/C16H21BrN4O2S/c1-6-23-13-11(17)7-10(8-12(13)22-5)9-18-21-14(16(2,3)4)19-20-15(21)24/h7-9H,6H2,1-5H3,(H,20,24)/b18-9-. The van der Waals surface area contributed by atoms with E-state index in [4.69, 9.17) is 21.7 Å². The minimum absolute atomic E-state index is 0.179. The van der Waals surface area contributed by atoms with Gasteiger partial charge < -0.3 is 9.47 Å². The highest BCUT2D eigenvalue weighted by Gasteiger charge is 2.21. The Morgan fingerprint density at radius 3 is 2.71 bits per heavy atom. The fraction of sp³-hybridized carbons (Fsp3) is 0.438. The summed E-state index contributed by atoms with van der Waals surface area (Å²) < 4.78 is 13.9. The molecule has 130 valence electrons. The van der Waals surface area contributed by atoms with E-state index < -0.39 is 0 Å². The van der Waals surface area contributed by atoms with Gasteiger partial charge in [0.25, 0.3) is 0 Å². The Hall–Kier alpha value is -1.67. The van der Waals surface area contributed by atoms with E-state index >= 15 is 0 Å². The lowest BCUT2D eigenvalue weighted by Crippen LogP contribution is -2.17. The number of H-pyrrole nitrogens is 1. The predicted molar refractivity (Wildman–Crippen MR) is 101 cm³/mol. The van der Waals surface area contributed by atoms with E-state index in [0.29, 0.717) is 22.9 Å². The Kier molecular flexibility index (Phi) is 5.82. The van der Waals surface area contributed by atoms with Gasteiger partial charge >= 0.3 is 0 Å². The third-order valence-electron chi connectivity index (χ3n) is 3.18. The molecule has 0 fully saturated rings. The van der Waals surface area contributed by atoms with Gasteiger partial charge in [-0.1, -0.05) is 20.8 Å². The van der Waals surface area contributed by atoms with Crippen molar-refractivity contribution in [3.63, 3.8) is 0 Å². The lowest BCUT2D eigenvalue weighted by molar-refractivity contribution is 0.309. The van der Waals surface area contributed by atoms with Crippen molar-refractivity contribution in [3.05, 3.63) is 32.8 Å². The van der Waals surface area contributed by atoms with Crippen LogP contribution in [-0.4, -0.2) is 34.8 Å². The van der Waals surface area contributed by atoms with Crippen molar-refractivity contribution in [1.29, 1.82) is 0 Å².